The minimum Gasteiger partial charge on any atom is -0.377 e. The second-order valence-electron chi connectivity index (χ2n) is 11.4. The molecule has 6 rings (SSSR count). The molecule has 3 saturated heterocycles. The minimum atomic E-state index is -0.512. The molecule has 2 aromatic heterocycles. The Morgan fingerprint density at radius 1 is 1.03 bits per heavy atom. The molecule has 0 spiro atoms. The second kappa shape index (κ2) is 10.1. The highest BCUT2D eigenvalue weighted by Gasteiger charge is 2.45. The third-order valence-electron chi connectivity index (χ3n) is 8.03. The van der Waals surface area contributed by atoms with Crippen molar-refractivity contribution >= 4 is 17.6 Å². The van der Waals surface area contributed by atoms with Gasteiger partial charge in [-0.25, -0.2) is 14.6 Å². The predicted octanol–water partition coefficient (Wildman–Crippen LogP) is 4.54. The fraction of sp³-hybridized carbons (Fsp3) is 0.741. The van der Waals surface area contributed by atoms with Crippen molar-refractivity contribution in [3.8, 4) is 11.3 Å². The SMILES string of the molecule is CSc1nc(N2CCOC[C@@](C)(OC3CCCCO3)C2)c2c(n1)C(C)(C)c1cn(C3CCCCO3)nc1-2. The van der Waals surface area contributed by atoms with Crippen molar-refractivity contribution in [3.63, 3.8) is 0 Å². The predicted molar refractivity (Wildman–Crippen MR) is 142 cm³/mol. The van der Waals surface area contributed by atoms with Gasteiger partial charge in [-0.05, 0) is 65.6 Å². The summed E-state index contributed by atoms with van der Waals surface area (Å²) in [7, 11) is 0. The summed E-state index contributed by atoms with van der Waals surface area (Å²) in [6, 6.07) is 0. The van der Waals surface area contributed by atoms with Crippen LogP contribution in [0.4, 0.5) is 5.82 Å². The van der Waals surface area contributed by atoms with Crippen molar-refractivity contribution in [2.45, 2.75) is 88.0 Å². The van der Waals surface area contributed by atoms with Crippen molar-refractivity contribution < 1.29 is 18.9 Å². The van der Waals surface area contributed by atoms with E-state index in [0.717, 1.165) is 86.2 Å². The van der Waals surface area contributed by atoms with Gasteiger partial charge in [-0.2, -0.15) is 5.10 Å². The van der Waals surface area contributed by atoms with Crippen LogP contribution in [0.1, 0.15) is 76.8 Å². The fourth-order valence-electron chi connectivity index (χ4n) is 6.03. The lowest BCUT2D eigenvalue weighted by Crippen LogP contribution is -2.47. The molecule has 3 atom stereocenters. The van der Waals surface area contributed by atoms with Gasteiger partial charge in [0, 0.05) is 36.9 Å². The molecule has 0 bridgehead atoms. The molecule has 0 N–H and O–H groups in total. The van der Waals surface area contributed by atoms with E-state index in [1.165, 1.54) is 5.56 Å². The molecule has 2 unspecified atom stereocenters. The summed E-state index contributed by atoms with van der Waals surface area (Å²) in [6.45, 7) is 10.7. The molecule has 10 heteroatoms. The number of fused-ring (bicyclic) bond motifs is 3. The van der Waals surface area contributed by atoms with Gasteiger partial charge < -0.3 is 23.8 Å². The van der Waals surface area contributed by atoms with Gasteiger partial charge in [0.25, 0.3) is 0 Å². The van der Waals surface area contributed by atoms with E-state index in [1.807, 2.05) is 10.9 Å². The normalized spacial score (nSPS) is 29.6. The maximum atomic E-state index is 6.55. The Bertz CT molecular complexity index is 1130. The first-order valence-electron chi connectivity index (χ1n) is 13.7. The van der Waals surface area contributed by atoms with Crippen LogP contribution in [0, 0.1) is 0 Å². The van der Waals surface area contributed by atoms with Crippen LogP contribution in [0.3, 0.4) is 0 Å². The van der Waals surface area contributed by atoms with Crippen molar-refractivity contribution in [2.24, 2.45) is 0 Å². The first-order valence-corrected chi connectivity index (χ1v) is 14.9. The molecule has 2 aromatic rings. The van der Waals surface area contributed by atoms with Crippen LogP contribution in [0.2, 0.25) is 0 Å². The number of anilines is 1. The van der Waals surface area contributed by atoms with E-state index in [1.54, 1.807) is 11.8 Å². The summed E-state index contributed by atoms with van der Waals surface area (Å²) >= 11 is 1.58. The first-order chi connectivity index (χ1) is 17.9. The van der Waals surface area contributed by atoms with Crippen LogP contribution in [-0.4, -0.2) is 77.4 Å². The Morgan fingerprint density at radius 2 is 1.84 bits per heavy atom. The Kier molecular flexibility index (Phi) is 6.98. The molecule has 1 aliphatic carbocycles. The van der Waals surface area contributed by atoms with Crippen LogP contribution in [-0.2, 0) is 24.4 Å². The maximum absolute atomic E-state index is 6.55. The molecule has 9 nitrogen and oxygen atoms in total. The first kappa shape index (κ1) is 25.6. The van der Waals surface area contributed by atoms with Gasteiger partial charge in [-0.3, -0.25) is 0 Å². The van der Waals surface area contributed by atoms with Crippen LogP contribution in [0.25, 0.3) is 11.3 Å². The highest BCUT2D eigenvalue weighted by Crippen LogP contribution is 2.51. The van der Waals surface area contributed by atoms with Crippen molar-refractivity contribution in [1.29, 1.82) is 0 Å². The zero-order valence-electron chi connectivity index (χ0n) is 22.5. The summed E-state index contributed by atoms with van der Waals surface area (Å²) in [5.41, 5.74) is 3.44. The standard InChI is InChI=1S/C27H39N5O4S/c1-26(2)18-15-32(19-9-5-7-12-34-19)30-22(18)21-23(26)28-25(37-4)29-24(21)31-11-14-33-17-27(3,16-31)36-20-10-6-8-13-35-20/h15,19-20H,5-14,16-17H2,1-4H3/t19?,20?,27-/m0/s1. The third-order valence-corrected chi connectivity index (χ3v) is 8.58. The Labute approximate surface area is 223 Å². The maximum Gasteiger partial charge on any atom is 0.189 e. The molecular formula is C27H39N5O4S. The number of ether oxygens (including phenoxy) is 4. The van der Waals surface area contributed by atoms with Crippen LogP contribution in [0.15, 0.2) is 11.4 Å². The van der Waals surface area contributed by atoms with E-state index in [4.69, 9.17) is 34.0 Å². The average Bonchev–Trinajstić information content (AvgIpc) is 3.37. The van der Waals surface area contributed by atoms with Gasteiger partial charge in [0.05, 0.1) is 31.0 Å². The topological polar surface area (TPSA) is 83.8 Å². The smallest absolute Gasteiger partial charge is 0.189 e. The van der Waals surface area contributed by atoms with E-state index in [-0.39, 0.29) is 17.9 Å². The van der Waals surface area contributed by atoms with E-state index in [2.05, 4.69) is 31.9 Å². The van der Waals surface area contributed by atoms with Crippen LogP contribution < -0.4 is 4.90 Å². The van der Waals surface area contributed by atoms with E-state index >= 15 is 0 Å². The lowest BCUT2D eigenvalue weighted by atomic mass is 9.87. The molecule has 0 radical (unpaired) electrons. The van der Waals surface area contributed by atoms with Crippen LogP contribution >= 0.6 is 11.8 Å². The number of rotatable bonds is 5. The van der Waals surface area contributed by atoms with Crippen molar-refractivity contribution in [3.05, 3.63) is 17.5 Å². The third kappa shape index (κ3) is 4.80. The molecule has 0 saturated carbocycles. The van der Waals surface area contributed by atoms with Crippen molar-refractivity contribution in [2.75, 3.05) is 50.7 Å². The summed E-state index contributed by atoms with van der Waals surface area (Å²) in [5.74, 6) is 0.917. The van der Waals surface area contributed by atoms with E-state index in [0.29, 0.717) is 19.8 Å². The lowest BCUT2D eigenvalue weighted by molar-refractivity contribution is -0.227. The Balaban J connectivity index is 1.39. The van der Waals surface area contributed by atoms with E-state index < -0.39 is 5.60 Å². The van der Waals surface area contributed by atoms with Crippen molar-refractivity contribution in [1.82, 2.24) is 19.7 Å². The fourth-order valence-corrected chi connectivity index (χ4v) is 6.39. The number of aromatic nitrogens is 4. The lowest BCUT2D eigenvalue weighted by Gasteiger charge is -2.37. The van der Waals surface area contributed by atoms with Crippen LogP contribution in [0.5, 0.6) is 0 Å². The molecule has 3 aliphatic heterocycles. The minimum absolute atomic E-state index is 0.00721. The van der Waals surface area contributed by atoms with E-state index in [9.17, 15) is 0 Å². The number of hydrogen-bond acceptors (Lipinski definition) is 9. The number of nitrogens with zero attached hydrogens (tertiary/aromatic N) is 5. The van der Waals surface area contributed by atoms with Gasteiger partial charge in [0.2, 0.25) is 0 Å². The Hall–Kier alpha value is -1.72. The zero-order valence-corrected chi connectivity index (χ0v) is 23.3. The van der Waals surface area contributed by atoms with Gasteiger partial charge in [0.15, 0.2) is 11.4 Å². The highest BCUT2D eigenvalue weighted by atomic mass is 32.2. The molecule has 0 aromatic carbocycles. The number of hydrogen-bond donors (Lipinski definition) is 0. The second-order valence-corrected chi connectivity index (χ2v) is 12.2. The molecule has 0 amide bonds. The summed E-state index contributed by atoms with van der Waals surface area (Å²) < 4.78 is 26.6. The largest absolute Gasteiger partial charge is 0.377 e. The monoisotopic (exact) mass is 529 g/mol. The summed E-state index contributed by atoms with van der Waals surface area (Å²) in [6.07, 6.45) is 10.4. The van der Waals surface area contributed by atoms with Gasteiger partial charge in [-0.15, -0.1) is 0 Å². The van der Waals surface area contributed by atoms with Gasteiger partial charge >= 0.3 is 0 Å². The highest BCUT2D eigenvalue weighted by molar-refractivity contribution is 7.98. The van der Waals surface area contributed by atoms with Gasteiger partial charge in [-0.1, -0.05) is 11.8 Å². The molecule has 4 aliphatic rings. The average molecular weight is 530 g/mol. The molecule has 3 fully saturated rings. The molecule has 202 valence electrons. The quantitative estimate of drug-likeness (QED) is 0.409. The Morgan fingerprint density at radius 3 is 2.57 bits per heavy atom. The zero-order chi connectivity index (χ0) is 25.6. The summed E-state index contributed by atoms with van der Waals surface area (Å²) in [4.78, 5) is 12.4. The number of thioether (sulfide) groups is 1. The van der Waals surface area contributed by atoms with Gasteiger partial charge in [0.1, 0.15) is 23.3 Å². The molecular weight excluding hydrogens is 490 g/mol. The summed E-state index contributed by atoms with van der Waals surface area (Å²) in [5, 5.41) is 5.89. The molecule has 37 heavy (non-hydrogen) atoms. The molecule has 5 heterocycles.